The van der Waals surface area contributed by atoms with Gasteiger partial charge in [0, 0.05) is 0 Å². The Hall–Kier alpha value is -0.0200. The SMILES string of the molecule is CCO[PH]1(CC=O)OC(C)O1. The van der Waals surface area contributed by atoms with Crippen LogP contribution in [0.25, 0.3) is 0 Å². The van der Waals surface area contributed by atoms with Crippen LogP contribution in [0.4, 0.5) is 0 Å². The van der Waals surface area contributed by atoms with Gasteiger partial charge in [-0.05, 0) is 0 Å². The molecular weight excluding hydrogens is 167 g/mol. The van der Waals surface area contributed by atoms with Gasteiger partial charge >= 0.3 is 65.5 Å². The van der Waals surface area contributed by atoms with Gasteiger partial charge in [-0.25, -0.2) is 0 Å². The Bertz CT molecular complexity index is 138. The first-order chi connectivity index (χ1) is 5.22. The van der Waals surface area contributed by atoms with Gasteiger partial charge in [-0.15, -0.1) is 0 Å². The third kappa shape index (κ3) is 1.97. The number of aldehydes is 1. The van der Waals surface area contributed by atoms with Crippen LogP contribution in [-0.4, -0.2) is 25.3 Å². The van der Waals surface area contributed by atoms with Gasteiger partial charge in [-0.1, -0.05) is 0 Å². The third-order valence-corrected chi connectivity index (χ3v) is 4.17. The van der Waals surface area contributed by atoms with Crippen LogP contribution in [0.3, 0.4) is 0 Å². The molecule has 1 aliphatic rings. The molecule has 0 aromatic carbocycles. The van der Waals surface area contributed by atoms with E-state index in [-0.39, 0.29) is 12.5 Å². The van der Waals surface area contributed by atoms with E-state index in [1.807, 2.05) is 6.92 Å². The van der Waals surface area contributed by atoms with Crippen molar-refractivity contribution in [1.82, 2.24) is 0 Å². The summed E-state index contributed by atoms with van der Waals surface area (Å²) < 4.78 is 15.8. The Balaban J connectivity index is 2.39. The Kier molecular flexibility index (Phi) is 2.96. The number of hydrogen-bond acceptors (Lipinski definition) is 4. The number of rotatable bonds is 4. The molecule has 0 saturated carbocycles. The number of hydrogen-bond donors (Lipinski definition) is 0. The van der Waals surface area contributed by atoms with Crippen molar-refractivity contribution in [3.8, 4) is 0 Å². The van der Waals surface area contributed by atoms with Crippen LogP contribution in [0.15, 0.2) is 0 Å². The summed E-state index contributed by atoms with van der Waals surface area (Å²) >= 11 is 0. The molecule has 66 valence electrons. The summed E-state index contributed by atoms with van der Waals surface area (Å²) in [6.45, 7) is 4.18. The molecular formula is C6H13O4P. The minimum absolute atomic E-state index is 0.201. The second kappa shape index (κ2) is 3.59. The molecule has 0 atom stereocenters. The van der Waals surface area contributed by atoms with E-state index in [9.17, 15) is 4.79 Å². The van der Waals surface area contributed by atoms with E-state index in [4.69, 9.17) is 13.6 Å². The summed E-state index contributed by atoms with van der Waals surface area (Å²) in [5.74, 6) is 0. The second-order valence-corrected chi connectivity index (χ2v) is 4.82. The van der Waals surface area contributed by atoms with Crippen LogP contribution >= 0.6 is 7.94 Å². The fourth-order valence-corrected chi connectivity index (χ4v) is 3.18. The normalized spacial score (nSPS) is 30.5. The molecule has 11 heavy (non-hydrogen) atoms. The Labute approximate surface area is 66.4 Å². The van der Waals surface area contributed by atoms with Gasteiger partial charge < -0.3 is 0 Å². The molecule has 0 bridgehead atoms. The van der Waals surface area contributed by atoms with Crippen molar-refractivity contribution in [2.45, 2.75) is 20.1 Å². The zero-order valence-electron chi connectivity index (χ0n) is 6.70. The first-order valence-corrected chi connectivity index (χ1v) is 5.59. The van der Waals surface area contributed by atoms with E-state index < -0.39 is 7.94 Å². The molecule has 5 heteroatoms. The summed E-state index contributed by atoms with van der Waals surface area (Å²) in [7, 11) is -2.47. The molecule has 0 aromatic rings. The van der Waals surface area contributed by atoms with Crippen molar-refractivity contribution in [1.29, 1.82) is 0 Å². The van der Waals surface area contributed by atoms with Crippen LogP contribution in [0.2, 0.25) is 0 Å². The zero-order valence-corrected chi connectivity index (χ0v) is 7.70. The maximum atomic E-state index is 10.2. The van der Waals surface area contributed by atoms with Gasteiger partial charge in [0.2, 0.25) is 0 Å². The van der Waals surface area contributed by atoms with Crippen molar-refractivity contribution in [2.24, 2.45) is 0 Å². The molecule has 0 radical (unpaired) electrons. The monoisotopic (exact) mass is 180 g/mol. The second-order valence-electron chi connectivity index (χ2n) is 2.29. The molecule has 0 spiro atoms. The van der Waals surface area contributed by atoms with E-state index >= 15 is 0 Å². The summed E-state index contributed by atoms with van der Waals surface area (Å²) in [5.41, 5.74) is 0. The fraction of sp³-hybridized carbons (Fsp3) is 0.833. The van der Waals surface area contributed by atoms with Crippen molar-refractivity contribution < 1.29 is 18.4 Å². The average molecular weight is 180 g/mol. The number of carbonyl (C=O) groups is 1. The Morgan fingerprint density at radius 3 is 2.64 bits per heavy atom. The molecule has 1 heterocycles. The van der Waals surface area contributed by atoms with E-state index in [0.717, 1.165) is 6.29 Å². The maximum absolute atomic E-state index is 10.2. The van der Waals surface area contributed by atoms with Crippen LogP contribution in [0, 0.1) is 0 Å². The molecule has 0 unspecified atom stereocenters. The van der Waals surface area contributed by atoms with Gasteiger partial charge in [0.05, 0.1) is 0 Å². The van der Waals surface area contributed by atoms with Gasteiger partial charge in [0.1, 0.15) is 0 Å². The predicted octanol–water partition coefficient (Wildman–Crippen LogP) is 1.11. The summed E-state index contributed by atoms with van der Waals surface area (Å²) in [4.78, 5) is 10.2. The van der Waals surface area contributed by atoms with Gasteiger partial charge in [-0.2, -0.15) is 0 Å². The molecule has 1 saturated heterocycles. The molecule has 4 nitrogen and oxygen atoms in total. The van der Waals surface area contributed by atoms with Crippen LogP contribution < -0.4 is 0 Å². The Morgan fingerprint density at radius 2 is 2.27 bits per heavy atom. The van der Waals surface area contributed by atoms with E-state index in [2.05, 4.69) is 0 Å². The molecule has 0 aromatic heterocycles. The summed E-state index contributed by atoms with van der Waals surface area (Å²) in [6.07, 6.45) is 0.854. The quantitative estimate of drug-likeness (QED) is 0.480. The minimum atomic E-state index is -2.47. The average Bonchev–Trinajstić information content (AvgIpc) is 1.86. The van der Waals surface area contributed by atoms with E-state index in [1.54, 1.807) is 6.92 Å². The molecule has 1 aliphatic heterocycles. The molecule has 0 N–H and O–H groups in total. The Morgan fingerprint density at radius 1 is 1.64 bits per heavy atom. The van der Waals surface area contributed by atoms with Crippen molar-refractivity contribution >= 4 is 14.2 Å². The molecule has 1 rings (SSSR count). The topological polar surface area (TPSA) is 44.8 Å². The molecule has 0 aliphatic carbocycles. The van der Waals surface area contributed by atoms with Crippen LogP contribution in [-0.2, 0) is 18.4 Å². The molecule has 0 amide bonds. The van der Waals surface area contributed by atoms with E-state index in [0.29, 0.717) is 6.61 Å². The third-order valence-electron chi connectivity index (χ3n) is 1.39. The van der Waals surface area contributed by atoms with Gasteiger partial charge in [0.15, 0.2) is 0 Å². The first kappa shape index (κ1) is 9.07. The van der Waals surface area contributed by atoms with Crippen LogP contribution in [0.5, 0.6) is 0 Å². The zero-order chi connectivity index (χ0) is 8.32. The molecule has 1 fully saturated rings. The van der Waals surface area contributed by atoms with Gasteiger partial charge in [-0.3, -0.25) is 0 Å². The van der Waals surface area contributed by atoms with E-state index in [1.165, 1.54) is 0 Å². The summed E-state index contributed by atoms with van der Waals surface area (Å²) in [5, 5.41) is 0. The van der Waals surface area contributed by atoms with Crippen molar-refractivity contribution in [3.63, 3.8) is 0 Å². The number of carbonyl (C=O) groups excluding carboxylic acids is 1. The van der Waals surface area contributed by atoms with Crippen molar-refractivity contribution in [2.75, 3.05) is 12.8 Å². The first-order valence-electron chi connectivity index (χ1n) is 3.65. The standard InChI is InChI=1S/C6H13O4P/c1-3-8-11(5-4-7)9-6(2)10-11/h4,6,11H,3,5H2,1-2H3. The van der Waals surface area contributed by atoms with Crippen LogP contribution in [0.1, 0.15) is 13.8 Å². The van der Waals surface area contributed by atoms with Crippen molar-refractivity contribution in [3.05, 3.63) is 0 Å². The summed E-state index contributed by atoms with van der Waals surface area (Å²) in [6, 6.07) is 0. The fourth-order valence-electron chi connectivity index (χ4n) is 1.06. The predicted molar refractivity (Wildman–Crippen MR) is 42.5 cm³/mol. The van der Waals surface area contributed by atoms with Gasteiger partial charge in [0.25, 0.3) is 0 Å².